The van der Waals surface area contributed by atoms with E-state index in [1.807, 2.05) is 13.0 Å². The number of ether oxygens (including phenoxy) is 3. The van der Waals surface area contributed by atoms with Crippen molar-refractivity contribution in [2.24, 2.45) is 0 Å². The first-order chi connectivity index (χ1) is 18.0. The number of amides is 2. The van der Waals surface area contributed by atoms with Gasteiger partial charge in [-0.1, -0.05) is 6.92 Å². The highest BCUT2D eigenvalue weighted by Gasteiger charge is 2.37. The summed E-state index contributed by atoms with van der Waals surface area (Å²) < 4.78 is 46.2. The molecule has 9 nitrogen and oxygen atoms in total. The maximum Gasteiger partial charge on any atom is 0.329 e. The van der Waals surface area contributed by atoms with E-state index >= 15 is 8.78 Å². The average molecular weight is 516 g/mol. The molecule has 4 heterocycles. The van der Waals surface area contributed by atoms with Gasteiger partial charge in [0.1, 0.15) is 11.3 Å². The maximum absolute atomic E-state index is 15.3. The van der Waals surface area contributed by atoms with Gasteiger partial charge in [-0.2, -0.15) is 0 Å². The number of morpholine rings is 1. The molecule has 1 saturated heterocycles. The van der Waals surface area contributed by atoms with Crippen molar-refractivity contribution in [3.8, 4) is 11.5 Å². The molecule has 1 aromatic carbocycles. The molecule has 2 amide bonds. The van der Waals surface area contributed by atoms with Crippen molar-refractivity contribution in [3.63, 3.8) is 0 Å². The quantitative estimate of drug-likeness (QED) is 0.487. The third kappa shape index (κ3) is 4.57. The van der Waals surface area contributed by atoms with Gasteiger partial charge in [-0.25, -0.2) is 18.6 Å². The fourth-order valence-electron chi connectivity index (χ4n) is 5.02. The molecular formula is C26H31F2N5O4. The maximum atomic E-state index is 15.3. The molecule has 0 saturated carbocycles. The van der Waals surface area contributed by atoms with Gasteiger partial charge in [-0.3, -0.25) is 14.7 Å². The molecular weight excluding hydrogens is 484 g/mol. The molecule has 11 heteroatoms. The summed E-state index contributed by atoms with van der Waals surface area (Å²) in [7, 11) is 2.55. The largest absolute Gasteiger partial charge is 0.493 e. The van der Waals surface area contributed by atoms with Crippen LogP contribution < -0.4 is 19.3 Å². The minimum absolute atomic E-state index is 0.0459. The van der Waals surface area contributed by atoms with Crippen molar-refractivity contribution < 1.29 is 27.8 Å². The highest BCUT2D eigenvalue weighted by molar-refractivity contribution is 6.11. The lowest BCUT2D eigenvalue weighted by Gasteiger charge is -2.37. The highest BCUT2D eigenvalue weighted by atomic mass is 19.1. The molecule has 0 radical (unpaired) electrons. The molecule has 3 aromatic rings. The summed E-state index contributed by atoms with van der Waals surface area (Å²) in [5.41, 5.74) is 2.60. The third-order valence-electron chi connectivity index (χ3n) is 6.89. The second-order valence-electron chi connectivity index (χ2n) is 9.17. The molecule has 0 unspecified atom stereocenters. The number of halogens is 2. The number of urea groups is 1. The molecule has 2 aliphatic heterocycles. The predicted molar refractivity (Wildman–Crippen MR) is 136 cm³/mol. The molecule has 198 valence electrons. The van der Waals surface area contributed by atoms with Gasteiger partial charge in [0, 0.05) is 61.5 Å². The van der Waals surface area contributed by atoms with Crippen LogP contribution in [0.25, 0.3) is 11.0 Å². The Labute approximate surface area is 213 Å². The molecule has 2 aromatic heterocycles. The number of aromatic nitrogens is 2. The van der Waals surface area contributed by atoms with Gasteiger partial charge in [0.25, 0.3) is 0 Å². The van der Waals surface area contributed by atoms with Crippen LogP contribution in [0.5, 0.6) is 11.5 Å². The van der Waals surface area contributed by atoms with Crippen LogP contribution in [-0.4, -0.2) is 74.5 Å². The second-order valence-corrected chi connectivity index (χ2v) is 9.17. The number of nitrogens with zero attached hydrogens (tertiary/aromatic N) is 4. The van der Waals surface area contributed by atoms with E-state index in [0.717, 1.165) is 67.0 Å². The number of hydrogen-bond donors (Lipinski definition) is 1. The predicted octanol–water partition coefficient (Wildman–Crippen LogP) is 4.09. The second kappa shape index (κ2) is 10.5. The Morgan fingerprint density at radius 2 is 1.76 bits per heavy atom. The first kappa shape index (κ1) is 25.2. The fraction of sp³-hybridized carbons (Fsp3) is 0.462. The number of aromatic amines is 1. The molecule has 0 spiro atoms. The van der Waals surface area contributed by atoms with Crippen molar-refractivity contribution in [2.45, 2.75) is 26.3 Å². The molecule has 0 aliphatic carbocycles. The van der Waals surface area contributed by atoms with Crippen LogP contribution in [0.3, 0.4) is 0 Å². The van der Waals surface area contributed by atoms with Crippen LogP contribution in [-0.2, 0) is 17.7 Å². The Balaban J connectivity index is 1.53. The van der Waals surface area contributed by atoms with Gasteiger partial charge in [0.2, 0.25) is 0 Å². The molecule has 0 atom stereocenters. The van der Waals surface area contributed by atoms with Crippen molar-refractivity contribution in [3.05, 3.63) is 41.2 Å². The van der Waals surface area contributed by atoms with E-state index in [0.29, 0.717) is 24.2 Å². The summed E-state index contributed by atoms with van der Waals surface area (Å²) in [5, 5.41) is 0.820. The van der Waals surface area contributed by atoms with E-state index in [1.54, 1.807) is 11.1 Å². The SMILES string of the molecule is CCCN1C(=O)N(c2c(F)c(OC)cc(OC)c2F)Cc2cnc3[nH]c(CCN4CCOCC4)cc3c21. The minimum Gasteiger partial charge on any atom is -0.493 e. The lowest BCUT2D eigenvalue weighted by molar-refractivity contribution is 0.0383. The topological polar surface area (TPSA) is 83.2 Å². The molecule has 5 rings (SSSR count). The van der Waals surface area contributed by atoms with Crippen LogP contribution in [0.2, 0.25) is 0 Å². The van der Waals surface area contributed by atoms with E-state index in [2.05, 4.69) is 14.9 Å². The van der Waals surface area contributed by atoms with Gasteiger partial charge in [0.05, 0.1) is 39.7 Å². The molecule has 1 N–H and O–H groups in total. The van der Waals surface area contributed by atoms with E-state index in [1.165, 1.54) is 14.2 Å². The number of anilines is 2. The fourth-order valence-corrected chi connectivity index (χ4v) is 5.02. The van der Waals surface area contributed by atoms with Crippen LogP contribution in [0.15, 0.2) is 18.3 Å². The van der Waals surface area contributed by atoms with Crippen LogP contribution in [0.4, 0.5) is 25.0 Å². The molecule has 37 heavy (non-hydrogen) atoms. The monoisotopic (exact) mass is 515 g/mol. The minimum atomic E-state index is -0.963. The lowest BCUT2D eigenvalue weighted by atomic mass is 10.1. The van der Waals surface area contributed by atoms with Crippen LogP contribution in [0.1, 0.15) is 24.6 Å². The number of fused-ring (bicyclic) bond motifs is 3. The number of nitrogens with one attached hydrogen (secondary N) is 1. The zero-order valence-electron chi connectivity index (χ0n) is 21.3. The van der Waals surface area contributed by atoms with Crippen LogP contribution in [0, 0.1) is 11.6 Å². The van der Waals surface area contributed by atoms with Crippen molar-refractivity contribution >= 4 is 28.4 Å². The summed E-state index contributed by atoms with van der Waals surface area (Å²) in [6, 6.07) is 2.64. The van der Waals surface area contributed by atoms with Crippen molar-refractivity contribution in [1.82, 2.24) is 14.9 Å². The Morgan fingerprint density at radius 1 is 1.05 bits per heavy atom. The zero-order chi connectivity index (χ0) is 26.1. The lowest BCUT2D eigenvalue weighted by Crippen LogP contribution is -2.48. The van der Waals surface area contributed by atoms with Gasteiger partial charge in [-0.05, 0) is 12.5 Å². The summed E-state index contributed by atoms with van der Waals surface area (Å²) in [5.74, 6) is -2.35. The highest BCUT2D eigenvalue weighted by Crippen LogP contribution is 2.42. The number of H-pyrrole nitrogens is 1. The first-order valence-electron chi connectivity index (χ1n) is 12.4. The number of hydrogen-bond acceptors (Lipinski definition) is 6. The van der Waals surface area contributed by atoms with E-state index in [-0.39, 0.29) is 18.0 Å². The Bertz CT molecular complexity index is 1280. The van der Waals surface area contributed by atoms with Crippen molar-refractivity contribution in [1.29, 1.82) is 0 Å². The molecule has 1 fully saturated rings. The number of methoxy groups -OCH3 is 2. The van der Waals surface area contributed by atoms with E-state index < -0.39 is 23.4 Å². The van der Waals surface area contributed by atoms with Gasteiger partial charge in [-0.15, -0.1) is 0 Å². The van der Waals surface area contributed by atoms with Gasteiger partial charge < -0.3 is 19.2 Å². The van der Waals surface area contributed by atoms with E-state index in [4.69, 9.17) is 14.2 Å². The summed E-state index contributed by atoms with van der Waals surface area (Å²) >= 11 is 0. The average Bonchev–Trinajstić information content (AvgIpc) is 3.33. The zero-order valence-corrected chi connectivity index (χ0v) is 21.3. The number of rotatable bonds is 8. The summed E-state index contributed by atoms with van der Waals surface area (Å²) in [4.78, 5) is 26.7. The smallest absolute Gasteiger partial charge is 0.329 e. The number of benzene rings is 1. The normalized spacial score (nSPS) is 16.4. The number of pyridine rings is 1. The third-order valence-corrected chi connectivity index (χ3v) is 6.89. The first-order valence-corrected chi connectivity index (χ1v) is 12.4. The summed E-state index contributed by atoms with van der Waals surface area (Å²) in [6.45, 7) is 6.47. The van der Waals surface area contributed by atoms with E-state index in [9.17, 15) is 4.79 Å². The van der Waals surface area contributed by atoms with Crippen molar-refractivity contribution in [2.75, 3.05) is 63.4 Å². The molecule has 0 bridgehead atoms. The van der Waals surface area contributed by atoms with Gasteiger partial charge >= 0.3 is 6.03 Å². The standard InChI is InChI=1S/C26H31F2N5O4/c1-4-6-32-23-16(14-29-25-18(23)12-17(30-25)5-7-31-8-10-37-11-9-31)15-33(26(32)34)24-21(27)19(35-2)13-20(36-3)22(24)28/h12-14H,4-11,15H2,1-3H3,(H,29,30). The number of carbonyl (C=O) groups is 1. The van der Waals surface area contributed by atoms with Gasteiger partial charge in [0.15, 0.2) is 23.1 Å². The Morgan fingerprint density at radius 3 is 2.41 bits per heavy atom. The Kier molecular flexibility index (Phi) is 7.16. The molecule has 2 aliphatic rings. The Hall–Kier alpha value is -3.44. The number of carbonyl (C=O) groups excluding carboxylic acids is 1. The van der Waals surface area contributed by atoms with Crippen LogP contribution >= 0.6 is 0 Å². The summed E-state index contributed by atoms with van der Waals surface area (Å²) in [6.07, 6.45) is 3.12.